The Kier molecular flexibility index (Phi) is 5.33. The van der Waals surface area contributed by atoms with E-state index in [4.69, 9.17) is 4.74 Å². The van der Waals surface area contributed by atoms with Gasteiger partial charge in [0.2, 0.25) is 5.91 Å². The summed E-state index contributed by atoms with van der Waals surface area (Å²) in [5.41, 5.74) is 1.38. The van der Waals surface area contributed by atoms with Crippen LogP contribution in [0.3, 0.4) is 0 Å². The van der Waals surface area contributed by atoms with E-state index in [9.17, 15) is 9.59 Å². The van der Waals surface area contributed by atoms with Crippen molar-refractivity contribution in [1.29, 1.82) is 0 Å². The Hall–Kier alpha value is -2.14. The van der Waals surface area contributed by atoms with E-state index in [1.807, 2.05) is 24.3 Å². The predicted octanol–water partition coefficient (Wildman–Crippen LogP) is 0.979. The van der Waals surface area contributed by atoms with Gasteiger partial charge >= 0.3 is 5.97 Å². The Balaban J connectivity index is 2.10. The topological polar surface area (TPSA) is 67.4 Å². The molecule has 1 amide bonds. The van der Waals surface area contributed by atoms with E-state index in [2.05, 4.69) is 17.2 Å². The molecule has 1 aliphatic carbocycles. The van der Waals surface area contributed by atoms with Gasteiger partial charge in [0, 0.05) is 19.4 Å². The lowest BCUT2D eigenvalue weighted by Crippen LogP contribution is -2.56. The van der Waals surface area contributed by atoms with E-state index in [-0.39, 0.29) is 18.4 Å². The van der Waals surface area contributed by atoms with Crippen LogP contribution >= 0.6 is 0 Å². The zero-order valence-corrected chi connectivity index (χ0v) is 12.9. The molecule has 118 valence electrons. The SMILES string of the molecule is C=CCNC(=O)CNC1(C(=O)OCC)Cc2ccccc2C1. The molecule has 0 radical (unpaired) electrons. The lowest BCUT2D eigenvalue weighted by molar-refractivity contribution is -0.151. The summed E-state index contributed by atoms with van der Waals surface area (Å²) in [5, 5.41) is 5.81. The summed E-state index contributed by atoms with van der Waals surface area (Å²) in [7, 11) is 0. The lowest BCUT2D eigenvalue weighted by atomic mass is 9.95. The van der Waals surface area contributed by atoms with Crippen LogP contribution in [0.4, 0.5) is 0 Å². The maximum Gasteiger partial charge on any atom is 0.327 e. The number of hydrogen-bond donors (Lipinski definition) is 2. The van der Waals surface area contributed by atoms with Crippen LogP contribution in [0.15, 0.2) is 36.9 Å². The first kappa shape index (κ1) is 16.2. The number of ether oxygens (including phenoxy) is 1. The van der Waals surface area contributed by atoms with Gasteiger partial charge in [0.05, 0.1) is 13.2 Å². The number of carbonyl (C=O) groups is 2. The zero-order valence-electron chi connectivity index (χ0n) is 12.9. The molecule has 1 aromatic carbocycles. The second kappa shape index (κ2) is 7.22. The fraction of sp³-hybridized carbons (Fsp3) is 0.412. The summed E-state index contributed by atoms with van der Waals surface area (Å²) < 4.78 is 5.22. The second-order valence-electron chi connectivity index (χ2n) is 5.37. The minimum atomic E-state index is -0.856. The van der Waals surface area contributed by atoms with Gasteiger partial charge in [-0.2, -0.15) is 0 Å². The van der Waals surface area contributed by atoms with Gasteiger partial charge in [-0.05, 0) is 18.1 Å². The molecule has 0 spiro atoms. The number of carbonyl (C=O) groups excluding carboxylic acids is 2. The molecule has 0 bridgehead atoms. The molecule has 0 aromatic heterocycles. The van der Waals surface area contributed by atoms with E-state index < -0.39 is 5.54 Å². The van der Waals surface area contributed by atoms with E-state index in [0.717, 1.165) is 11.1 Å². The summed E-state index contributed by atoms with van der Waals surface area (Å²) >= 11 is 0. The average molecular weight is 302 g/mol. The minimum absolute atomic E-state index is 0.0701. The van der Waals surface area contributed by atoms with Gasteiger partial charge in [0.25, 0.3) is 0 Å². The highest BCUT2D eigenvalue weighted by Gasteiger charge is 2.45. The van der Waals surface area contributed by atoms with Gasteiger partial charge in [-0.15, -0.1) is 6.58 Å². The molecule has 0 fully saturated rings. The van der Waals surface area contributed by atoms with Crippen LogP contribution in [0.2, 0.25) is 0 Å². The van der Waals surface area contributed by atoms with Gasteiger partial charge < -0.3 is 10.1 Å². The van der Waals surface area contributed by atoms with Crippen molar-refractivity contribution < 1.29 is 14.3 Å². The number of esters is 1. The number of nitrogens with one attached hydrogen (secondary N) is 2. The molecule has 5 heteroatoms. The lowest BCUT2D eigenvalue weighted by Gasteiger charge is -2.27. The van der Waals surface area contributed by atoms with Crippen LogP contribution in [0.25, 0.3) is 0 Å². The van der Waals surface area contributed by atoms with Crippen molar-refractivity contribution in [3.8, 4) is 0 Å². The van der Waals surface area contributed by atoms with Crippen molar-refractivity contribution in [1.82, 2.24) is 10.6 Å². The van der Waals surface area contributed by atoms with E-state index in [1.54, 1.807) is 13.0 Å². The van der Waals surface area contributed by atoms with Gasteiger partial charge in [-0.25, -0.2) is 0 Å². The molecule has 0 unspecified atom stereocenters. The molecule has 0 heterocycles. The minimum Gasteiger partial charge on any atom is -0.465 e. The summed E-state index contributed by atoms with van der Waals surface area (Å²) in [5.74, 6) is -0.470. The highest BCUT2D eigenvalue weighted by molar-refractivity contribution is 5.85. The van der Waals surface area contributed by atoms with E-state index in [0.29, 0.717) is 26.0 Å². The quantitative estimate of drug-likeness (QED) is 0.582. The molecule has 0 atom stereocenters. The standard InChI is InChI=1S/C17H22N2O3/c1-3-9-18-15(20)12-19-17(16(21)22-4-2)10-13-7-5-6-8-14(13)11-17/h3,5-8,19H,1,4,9-12H2,2H3,(H,18,20). The van der Waals surface area contributed by atoms with Gasteiger partial charge in [-0.1, -0.05) is 30.3 Å². The molecule has 22 heavy (non-hydrogen) atoms. The molecule has 1 aromatic rings. The summed E-state index contributed by atoms with van der Waals surface area (Å²) in [6.07, 6.45) is 2.69. The Morgan fingerprint density at radius 3 is 2.50 bits per heavy atom. The van der Waals surface area contributed by atoms with E-state index in [1.165, 1.54) is 0 Å². The van der Waals surface area contributed by atoms with E-state index >= 15 is 0 Å². The van der Waals surface area contributed by atoms with Crippen LogP contribution in [0.5, 0.6) is 0 Å². The first-order valence-corrected chi connectivity index (χ1v) is 7.48. The maximum atomic E-state index is 12.4. The molecule has 0 saturated heterocycles. The average Bonchev–Trinajstić information content (AvgIpc) is 2.91. The van der Waals surface area contributed by atoms with Gasteiger partial charge in [0.1, 0.15) is 5.54 Å². The number of benzene rings is 1. The summed E-state index contributed by atoms with van der Waals surface area (Å²) in [6.45, 7) is 6.14. The third-order valence-corrected chi connectivity index (χ3v) is 3.80. The van der Waals surface area contributed by atoms with Crippen LogP contribution < -0.4 is 10.6 Å². The number of rotatable bonds is 7. The largest absolute Gasteiger partial charge is 0.465 e. The molecular weight excluding hydrogens is 280 g/mol. The monoisotopic (exact) mass is 302 g/mol. The zero-order chi connectivity index (χ0) is 16.0. The van der Waals surface area contributed by atoms with Crippen LogP contribution in [0.1, 0.15) is 18.1 Å². The highest BCUT2D eigenvalue weighted by Crippen LogP contribution is 2.31. The highest BCUT2D eigenvalue weighted by atomic mass is 16.5. The third-order valence-electron chi connectivity index (χ3n) is 3.80. The Labute approximate surface area is 130 Å². The Morgan fingerprint density at radius 1 is 1.32 bits per heavy atom. The number of amides is 1. The molecule has 2 N–H and O–H groups in total. The number of hydrogen-bond acceptors (Lipinski definition) is 4. The first-order chi connectivity index (χ1) is 10.6. The molecule has 5 nitrogen and oxygen atoms in total. The van der Waals surface area contributed by atoms with Crippen molar-refractivity contribution in [3.63, 3.8) is 0 Å². The van der Waals surface area contributed by atoms with Crippen LogP contribution in [-0.2, 0) is 27.2 Å². The fourth-order valence-corrected chi connectivity index (χ4v) is 2.72. The molecule has 2 rings (SSSR count). The molecular formula is C17H22N2O3. The van der Waals surface area contributed by atoms with Crippen molar-refractivity contribution >= 4 is 11.9 Å². The summed E-state index contributed by atoms with van der Waals surface area (Å²) in [4.78, 5) is 24.2. The maximum absolute atomic E-state index is 12.4. The van der Waals surface area contributed by atoms with Crippen molar-refractivity contribution in [2.45, 2.75) is 25.3 Å². The van der Waals surface area contributed by atoms with Crippen molar-refractivity contribution in [2.24, 2.45) is 0 Å². The number of fused-ring (bicyclic) bond motifs is 1. The fourth-order valence-electron chi connectivity index (χ4n) is 2.72. The smallest absolute Gasteiger partial charge is 0.327 e. The van der Waals surface area contributed by atoms with Crippen molar-refractivity contribution in [3.05, 3.63) is 48.0 Å². The van der Waals surface area contributed by atoms with Gasteiger partial charge in [0.15, 0.2) is 0 Å². The normalized spacial score (nSPS) is 15.0. The molecule has 0 aliphatic heterocycles. The summed E-state index contributed by atoms with van der Waals surface area (Å²) in [6, 6.07) is 7.93. The third kappa shape index (κ3) is 3.54. The van der Waals surface area contributed by atoms with Gasteiger partial charge in [-0.3, -0.25) is 14.9 Å². The Morgan fingerprint density at radius 2 is 1.95 bits per heavy atom. The van der Waals surface area contributed by atoms with Crippen LogP contribution in [-0.4, -0.2) is 37.1 Å². The second-order valence-corrected chi connectivity index (χ2v) is 5.37. The predicted molar refractivity (Wildman–Crippen MR) is 84.4 cm³/mol. The molecule has 0 saturated carbocycles. The Bertz CT molecular complexity index is 544. The first-order valence-electron chi connectivity index (χ1n) is 7.48. The van der Waals surface area contributed by atoms with Crippen LogP contribution in [0, 0.1) is 0 Å². The van der Waals surface area contributed by atoms with Crippen molar-refractivity contribution in [2.75, 3.05) is 19.7 Å². The molecule has 1 aliphatic rings.